The summed E-state index contributed by atoms with van der Waals surface area (Å²) >= 11 is 9.66. The van der Waals surface area contributed by atoms with E-state index in [1.165, 1.54) is 0 Å². The summed E-state index contributed by atoms with van der Waals surface area (Å²) in [4.78, 5) is 25.3. The molecule has 0 radical (unpaired) electrons. The van der Waals surface area contributed by atoms with Gasteiger partial charge in [0.15, 0.2) is 5.78 Å². The summed E-state index contributed by atoms with van der Waals surface area (Å²) in [5.74, 6) is 0.0140. The van der Waals surface area contributed by atoms with Crippen molar-refractivity contribution in [3.8, 4) is 0 Å². The first-order valence-electron chi connectivity index (χ1n) is 7.43. The molecule has 5 heteroatoms. The van der Waals surface area contributed by atoms with Gasteiger partial charge in [0.2, 0.25) is 5.91 Å². The Morgan fingerprint density at radius 2 is 1.91 bits per heavy atom. The van der Waals surface area contributed by atoms with E-state index in [9.17, 15) is 9.59 Å². The van der Waals surface area contributed by atoms with E-state index in [1.807, 2.05) is 32.9 Å². The van der Waals surface area contributed by atoms with Gasteiger partial charge in [-0.25, -0.2) is 0 Å². The Labute approximate surface area is 143 Å². The van der Waals surface area contributed by atoms with Gasteiger partial charge in [-0.2, -0.15) is 0 Å². The zero-order valence-corrected chi connectivity index (χ0v) is 15.2. The topological polar surface area (TPSA) is 46.2 Å². The third-order valence-corrected chi connectivity index (χ3v) is 7.77. The Balaban J connectivity index is 2.02. The fraction of sp³-hybridized carbons (Fsp3) is 0.529. The van der Waals surface area contributed by atoms with Gasteiger partial charge in [-0.1, -0.05) is 60.4 Å². The highest BCUT2D eigenvalue weighted by Gasteiger charge is 2.76. The first-order chi connectivity index (χ1) is 10.2. The first-order valence-corrected chi connectivity index (χ1v) is 8.72. The molecule has 1 N–H and O–H groups in total. The predicted octanol–water partition coefficient (Wildman–Crippen LogP) is 4.44. The van der Waals surface area contributed by atoms with Crippen LogP contribution in [0, 0.1) is 16.2 Å². The number of fused-ring (bicyclic) bond motifs is 2. The number of carbonyl (C=O) groups is 2. The molecule has 2 aliphatic rings. The second-order valence-electron chi connectivity index (χ2n) is 7.09. The van der Waals surface area contributed by atoms with Crippen LogP contribution in [0.15, 0.2) is 24.3 Å². The molecule has 0 heterocycles. The van der Waals surface area contributed by atoms with E-state index in [2.05, 4.69) is 21.2 Å². The summed E-state index contributed by atoms with van der Waals surface area (Å²) in [6, 6.07) is 7.16. The van der Waals surface area contributed by atoms with Crippen LogP contribution in [-0.2, 0) is 9.59 Å². The highest BCUT2D eigenvalue weighted by Crippen LogP contribution is 2.72. The monoisotopic (exact) mass is 383 g/mol. The van der Waals surface area contributed by atoms with Crippen molar-refractivity contribution in [2.24, 2.45) is 16.2 Å². The molecule has 3 rings (SSSR count). The van der Waals surface area contributed by atoms with Gasteiger partial charge in [0.05, 0.1) is 21.0 Å². The van der Waals surface area contributed by atoms with Crippen molar-refractivity contribution in [1.29, 1.82) is 0 Å². The van der Waals surface area contributed by atoms with E-state index >= 15 is 0 Å². The number of para-hydroxylation sites is 1. The van der Waals surface area contributed by atoms with Crippen molar-refractivity contribution in [2.75, 3.05) is 5.32 Å². The molecule has 2 fully saturated rings. The number of hydrogen-bond donors (Lipinski definition) is 1. The Morgan fingerprint density at radius 1 is 1.27 bits per heavy atom. The third-order valence-electron chi connectivity index (χ3n) is 6.25. The van der Waals surface area contributed by atoms with Gasteiger partial charge in [-0.3, -0.25) is 9.59 Å². The number of anilines is 1. The lowest BCUT2D eigenvalue weighted by molar-refractivity contribution is -0.130. The molecule has 0 aliphatic heterocycles. The van der Waals surface area contributed by atoms with E-state index < -0.39 is 21.1 Å². The van der Waals surface area contributed by atoms with Gasteiger partial charge >= 0.3 is 0 Å². The molecule has 3 atom stereocenters. The lowest BCUT2D eigenvalue weighted by Crippen LogP contribution is -2.48. The van der Waals surface area contributed by atoms with Crippen LogP contribution in [0.25, 0.3) is 0 Å². The summed E-state index contributed by atoms with van der Waals surface area (Å²) < 4.78 is 0. The van der Waals surface area contributed by atoms with Crippen molar-refractivity contribution >= 4 is 44.9 Å². The largest absolute Gasteiger partial charge is 0.324 e. The van der Waals surface area contributed by atoms with Gasteiger partial charge in [0, 0.05) is 5.41 Å². The predicted molar refractivity (Wildman–Crippen MR) is 91.4 cm³/mol. The van der Waals surface area contributed by atoms with E-state index in [0.717, 1.165) is 6.42 Å². The summed E-state index contributed by atoms with van der Waals surface area (Å²) in [6.45, 7) is 6.05. The lowest BCUT2D eigenvalue weighted by atomic mass is 9.64. The van der Waals surface area contributed by atoms with Gasteiger partial charge in [-0.05, 0) is 30.4 Å². The van der Waals surface area contributed by atoms with Crippen molar-refractivity contribution in [3.05, 3.63) is 29.3 Å². The van der Waals surface area contributed by atoms with E-state index in [1.54, 1.807) is 12.1 Å². The molecule has 1 aromatic carbocycles. The van der Waals surface area contributed by atoms with Crippen molar-refractivity contribution in [1.82, 2.24) is 0 Å². The van der Waals surface area contributed by atoms with E-state index in [0.29, 0.717) is 17.1 Å². The maximum absolute atomic E-state index is 13.1. The number of benzene rings is 1. The molecule has 2 bridgehead atoms. The van der Waals surface area contributed by atoms with Gasteiger partial charge < -0.3 is 5.32 Å². The molecular formula is C17H19BrClNO2. The fourth-order valence-electron chi connectivity index (χ4n) is 4.25. The molecule has 1 amide bonds. The van der Waals surface area contributed by atoms with Crippen LogP contribution in [0.1, 0.15) is 33.6 Å². The lowest BCUT2D eigenvalue weighted by Gasteiger charge is -2.39. The third kappa shape index (κ3) is 1.68. The summed E-state index contributed by atoms with van der Waals surface area (Å²) in [5, 5.41) is 3.44. The normalized spacial score (nSPS) is 35.7. The van der Waals surface area contributed by atoms with Crippen LogP contribution in [0.4, 0.5) is 5.69 Å². The first kappa shape index (κ1) is 16.0. The minimum absolute atomic E-state index is 0.123. The maximum Gasteiger partial charge on any atom is 0.232 e. The zero-order chi connectivity index (χ0) is 16.3. The second kappa shape index (κ2) is 4.81. The maximum atomic E-state index is 13.1. The molecule has 0 aromatic heterocycles. The average molecular weight is 385 g/mol. The molecule has 0 saturated heterocycles. The Morgan fingerprint density at radius 3 is 2.45 bits per heavy atom. The second-order valence-corrected chi connectivity index (χ2v) is 8.41. The molecule has 0 spiro atoms. The van der Waals surface area contributed by atoms with Gasteiger partial charge in [0.1, 0.15) is 0 Å². The van der Waals surface area contributed by atoms with Crippen molar-refractivity contribution in [3.63, 3.8) is 0 Å². The number of nitrogens with one attached hydrogen (secondary N) is 1. The van der Waals surface area contributed by atoms with E-state index in [4.69, 9.17) is 11.6 Å². The molecule has 0 unspecified atom stereocenters. The molecule has 1 aromatic rings. The number of alkyl halides is 1. The Kier molecular flexibility index (Phi) is 3.50. The van der Waals surface area contributed by atoms with Crippen molar-refractivity contribution < 1.29 is 9.59 Å². The summed E-state index contributed by atoms with van der Waals surface area (Å²) in [6.07, 6.45) is 1.45. The molecule has 118 valence electrons. The Bertz CT molecular complexity index is 674. The molecule has 3 nitrogen and oxygen atoms in total. The molecule has 22 heavy (non-hydrogen) atoms. The molecular weight excluding hydrogens is 366 g/mol. The number of rotatable bonds is 2. The van der Waals surface area contributed by atoms with Crippen LogP contribution in [0.5, 0.6) is 0 Å². The van der Waals surface area contributed by atoms with Crippen LogP contribution < -0.4 is 5.32 Å². The van der Waals surface area contributed by atoms with E-state index in [-0.39, 0.29) is 11.7 Å². The zero-order valence-electron chi connectivity index (χ0n) is 12.9. The smallest absolute Gasteiger partial charge is 0.232 e. The molecule has 2 saturated carbocycles. The van der Waals surface area contributed by atoms with Crippen LogP contribution >= 0.6 is 27.5 Å². The Hall–Kier alpha value is -0.870. The number of ketones is 1. The summed E-state index contributed by atoms with van der Waals surface area (Å²) in [5.41, 5.74) is -1.01. The SMILES string of the molecule is CC1(C)[C@]2(C(=O)Nc3ccccc3Cl)CC[C@]1(C)C(=O)[C@H]2Br. The fourth-order valence-corrected chi connectivity index (χ4v) is 5.95. The number of halogens is 2. The number of hydrogen-bond acceptors (Lipinski definition) is 2. The standard InChI is InChI=1S/C17H19BrClNO2/c1-15(2)16(3)8-9-17(15,12(18)13(16)21)14(22)20-11-7-5-4-6-10(11)19/h4-7,12H,8-9H2,1-3H3,(H,20,22)/t12-,16-,17-/m1/s1. The number of carbonyl (C=O) groups excluding carboxylic acids is 2. The minimum Gasteiger partial charge on any atom is -0.324 e. The number of amides is 1. The summed E-state index contributed by atoms with van der Waals surface area (Å²) in [7, 11) is 0. The minimum atomic E-state index is -0.738. The quantitative estimate of drug-likeness (QED) is 0.766. The van der Waals surface area contributed by atoms with Gasteiger partial charge in [-0.15, -0.1) is 0 Å². The molecule has 2 aliphatic carbocycles. The van der Waals surface area contributed by atoms with Crippen LogP contribution in [0.3, 0.4) is 0 Å². The van der Waals surface area contributed by atoms with Crippen LogP contribution in [0.2, 0.25) is 5.02 Å². The highest BCUT2D eigenvalue weighted by molar-refractivity contribution is 9.10. The van der Waals surface area contributed by atoms with Crippen molar-refractivity contribution in [2.45, 2.75) is 38.4 Å². The number of Topliss-reactive ketones (excluding diaryl/α,β-unsaturated/α-hetero) is 1. The van der Waals surface area contributed by atoms with Gasteiger partial charge in [0.25, 0.3) is 0 Å². The van der Waals surface area contributed by atoms with Crippen LogP contribution in [-0.4, -0.2) is 16.5 Å². The highest BCUT2D eigenvalue weighted by atomic mass is 79.9. The average Bonchev–Trinajstić information content (AvgIpc) is 2.74.